The molecule has 3 nitrogen and oxygen atoms in total. The zero-order valence-corrected chi connectivity index (χ0v) is 12.6. The van der Waals surface area contributed by atoms with Crippen LogP contribution in [0.1, 0.15) is 56.7 Å². The van der Waals surface area contributed by atoms with Crippen molar-refractivity contribution >= 4 is 5.91 Å². The highest BCUT2D eigenvalue weighted by Crippen LogP contribution is 2.26. The first-order valence-corrected chi connectivity index (χ1v) is 7.74. The van der Waals surface area contributed by atoms with Crippen LogP contribution < -0.4 is 11.1 Å². The predicted octanol–water partition coefficient (Wildman–Crippen LogP) is 2.94. The second kappa shape index (κ2) is 6.89. The fraction of sp³-hybridized carbons (Fsp3) is 0.588. The molecule has 1 atom stereocenters. The van der Waals surface area contributed by atoms with Crippen molar-refractivity contribution in [2.75, 3.05) is 0 Å². The Labute approximate surface area is 121 Å². The van der Waals surface area contributed by atoms with Crippen molar-refractivity contribution in [2.24, 2.45) is 11.7 Å². The molecule has 0 aromatic heterocycles. The standard InChI is InChI=1S/C17H26N2O/c1-3-13-4-6-14(7-5-13)12(2)19-16-10-8-15(9-11-16)17(18)20/h4-7,12,15-16,19H,3,8-11H2,1-2H3,(H2,18,20). The van der Waals surface area contributed by atoms with Crippen LogP contribution in [0.4, 0.5) is 0 Å². The zero-order valence-electron chi connectivity index (χ0n) is 12.6. The third-order valence-corrected chi connectivity index (χ3v) is 4.50. The quantitative estimate of drug-likeness (QED) is 0.867. The smallest absolute Gasteiger partial charge is 0.220 e. The molecule has 3 heteroatoms. The van der Waals surface area contributed by atoms with Gasteiger partial charge in [-0.3, -0.25) is 4.79 Å². The van der Waals surface area contributed by atoms with Gasteiger partial charge >= 0.3 is 0 Å². The van der Waals surface area contributed by atoms with Gasteiger partial charge in [0.05, 0.1) is 0 Å². The number of nitrogens with two attached hydrogens (primary N) is 1. The molecule has 20 heavy (non-hydrogen) atoms. The minimum absolute atomic E-state index is 0.0900. The molecule has 0 bridgehead atoms. The van der Waals surface area contributed by atoms with Gasteiger partial charge in [-0.15, -0.1) is 0 Å². The number of nitrogens with one attached hydrogen (secondary N) is 1. The number of carbonyl (C=O) groups excluding carboxylic acids is 1. The van der Waals surface area contributed by atoms with E-state index in [-0.39, 0.29) is 11.8 Å². The summed E-state index contributed by atoms with van der Waals surface area (Å²) in [5.74, 6) is -0.0427. The van der Waals surface area contributed by atoms with E-state index < -0.39 is 0 Å². The average molecular weight is 274 g/mol. The van der Waals surface area contributed by atoms with E-state index >= 15 is 0 Å². The van der Waals surface area contributed by atoms with Crippen LogP contribution >= 0.6 is 0 Å². The second-order valence-electron chi connectivity index (χ2n) is 5.93. The molecule has 1 aliphatic carbocycles. The fourth-order valence-electron chi connectivity index (χ4n) is 3.04. The van der Waals surface area contributed by atoms with Gasteiger partial charge in [0.2, 0.25) is 5.91 Å². The monoisotopic (exact) mass is 274 g/mol. The molecule has 0 spiro atoms. The molecule has 1 fully saturated rings. The normalized spacial score (nSPS) is 24.3. The fourth-order valence-corrected chi connectivity index (χ4v) is 3.04. The third kappa shape index (κ3) is 3.83. The lowest BCUT2D eigenvalue weighted by Crippen LogP contribution is -2.37. The summed E-state index contributed by atoms with van der Waals surface area (Å²) in [4.78, 5) is 11.2. The van der Waals surface area contributed by atoms with Crippen LogP contribution in [0.3, 0.4) is 0 Å². The maximum Gasteiger partial charge on any atom is 0.220 e. The Kier molecular flexibility index (Phi) is 5.18. The van der Waals surface area contributed by atoms with Crippen molar-refractivity contribution in [3.8, 4) is 0 Å². The summed E-state index contributed by atoms with van der Waals surface area (Å²) in [6.07, 6.45) is 5.03. The second-order valence-corrected chi connectivity index (χ2v) is 5.93. The topological polar surface area (TPSA) is 55.1 Å². The molecule has 0 radical (unpaired) electrons. The minimum atomic E-state index is -0.133. The SMILES string of the molecule is CCc1ccc(C(C)NC2CCC(C(N)=O)CC2)cc1. The Balaban J connectivity index is 1.85. The van der Waals surface area contributed by atoms with Gasteiger partial charge in [-0.25, -0.2) is 0 Å². The van der Waals surface area contributed by atoms with Gasteiger partial charge in [0.1, 0.15) is 0 Å². The van der Waals surface area contributed by atoms with Crippen molar-refractivity contribution in [1.82, 2.24) is 5.32 Å². The van der Waals surface area contributed by atoms with E-state index in [0.29, 0.717) is 12.1 Å². The number of primary amides is 1. The summed E-state index contributed by atoms with van der Waals surface area (Å²) in [5.41, 5.74) is 8.08. The minimum Gasteiger partial charge on any atom is -0.369 e. The van der Waals surface area contributed by atoms with E-state index in [1.54, 1.807) is 0 Å². The lowest BCUT2D eigenvalue weighted by molar-refractivity contribution is -0.122. The van der Waals surface area contributed by atoms with Crippen molar-refractivity contribution in [1.29, 1.82) is 0 Å². The van der Waals surface area contributed by atoms with Gasteiger partial charge in [0.15, 0.2) is 0 Å². The number of benzene rings is 1. The summed E-state index contributed by atoms with van der Waals surface area (Å²) < 4.78 is 0. The molecule has 2 rings (SSSR count). The summed E-state index contributed by atoms with van der Waals surface area (Å²) in [7, 11) is 0. The number of hydrogen-bond acceptors (Lipinski definition) is 2. The molecular formula is C17H26N2O. The van der Waals surface area contributed by atoms with Crippen molar-refractivity contribution in [3.05, 3.63) is 35.4 Å². The van der Waals surface area contributed by atoms with Crippen LogP contribution in [0.2, 0.25) is 0 Å². The molecule has 1 aromatic carbocycles. The van der Waals surface area contributed by atoms with E-state index in [1.165, 1.54) is 11.1 Å². The van der Waals surface area contributed by atoms with Crippen LogP contribution in [0.25, 0.3) is 0 Å². The molecule has 0 aliphatic heterocycles. The Morgan fingerprint density at radius 2 is 1.85 bits per heavy atom. The maximum atomic E-state index is 11.2. The van der Waals surface area contributed by atoms with Crippen LogP contribution in [0.5, 0.6) is 0 Å². The molecular weight excluding hydrogens is 248 g/mol. The summed E-state index contributed by atoms with van der Waals surface area (Å²) in [5, 5.41) is 3.68. The van der Waals surface area contributed by atoms with Gasteiger partial charge in [-0.2, -0.15) is 0 Å². The van der Waals surface area contributed by atoms with E-state index in [0.717, 1.165) is 32.1 Å². The van der Waals surface area contributed by atoms with Crippen LogP contribution in [-0.4, -0.2) is 11.9 Å². The number of carbonyl (C=O) groups is 1. The van der Waals surface area contributed by atoms with Crippen LogP contribution in [-0.2, 0) is 11.2 Å². The zero-order chi connectivity index (χ0) is 14.5. The van der Waals surface area contributed by atoms with Crippen molar-refractivity contribution < 1.29 is 4.79 Å². The van der Waals surface area contributed by atoms with Gasteiger partial charge in [-0.05, 0) is 50.2 Å². The largest absolute Gasteiger partial charge is 0.369 e. The molecule has 0 heterocycles. The van der Waals surface area contributed by atoms with E-state index in [4.69, 9.17) is 5.73 Å². The van der Waals surface area contributed by atoms with Crippen molar-refractivity contribution in [2.45, 2.75) is 58.0 Å². The highest BCUT2D eigenvalue weighted by Gasteiger charge is 2.25. The van der Waals surface area contributed by atoms with Gasteiger partial charge in [-0.1, -0.05) is 31.2 Å². The highest BCUT2D eigenvalue weighted by atomic mass is 16.1. The summed E-state index contributed by atoms with van der Waals surface area (Å²) in [6.45, 7) is 4.38. The number of hydrogen-bond donors (Lipinski definition) is 2. The number of amides is 1. The Bertz CT molecular complexity index is 433. The lowest BCUT2D eigenvalue weighted by Gasteiger charge is -2.30. The Hall–Kier alpha value is -1.35. The summed E-state index contributed by atoms with van der Waals surface area (Å²) in [6, 6.07) is 9.70. The summed E-state index contributed by atoms with van der Waals surface area (Å²) >= 11 is 0. The van der Waals surface area contributed by atoms with Crippen LogP contribution in [0.15, 0.2) is 24.3 Å². The van der Waals surface area contributed by atoms with Gasteiger partial charge < -0.3 is 11.1 Å². The van der Waals surface area contributed by atoms with Gasteiger partial charge in [0.25, 0.3) is 0 Å². The van der Waals surface area contributed by atoms with E-state index in [1.807, 2.05) is 0 Å². The van der Waals surface area contributed by atoms with Crippen molar-refractivity contribution in [3.63, 3.8) is 0 Å². The maximum absolute atomic E-state index is 11.2. The first-order chi connectivity index (χ1) is 9.60. The van der Waals surface area contributed by atoms with E-state index in [9.17, 15) is 4.79 Å². The molecule has 1 aliphatic rings. The third-order valence-electron chi connectivity index (χ3n) is 4.50. The highest BCUT2D eigenvalue weighted by molar-refractivity contribution is 5.76. The number of rotatable bonds is 5. The first kappa shape index (κ1) is 15.0. The molecule has 1 amide bonds. The molecule has 3 N–H and O–H groups in total. The molecule has 1 saturated carbocycles. The molecule has 110 valence electrons. The molecule has 1 unspecified atom stereocenters. The predicted molar refractivity (Wildman–Crippen MR) is 82.3 cm³/mol. The van der Waals surface area contributed by atoms with E-state index in [2.05, 4.69) is 43.4 Å². The average Bonchev–Trinajstić information content (AvgIpc) is 2.48. The Morgan fingerprint density at radius 3 is 2.35 bits per heavy atom. The first-order valence-electron chi connectivity index (χ1n) is 7.74. The van der Waals surface area contributed by atoms with Gasteiger partial charge in [0, 0.05) is 18.0 Å². The molecule has 0 saturated heterocycles. The van der Waals surface area contributed by atoms with Crippen LogP contribution in [0, 0.1) is 5.92 Å². The number of aryl methyl sites for hydroxylation is 1. The lowest BCUT2D eigenvalue weighted by atomic mass is 9.85. The Morgan fingerprint density at radius 1 is 1.25 bits per heavy atom. The molecule has 1 aromatic rings.